The molecule has 0 aromatic carbocycles. The molecular formula is C12H21NaO13S. The Bertz CT molecular complexity index is 500. The van der Waals surface area contributed by atoms with E-state index in [0.717, 1.165) is 0 Å². The summed E-state index contributed by atoms with van der Waals surface area (Å²) in [5.74, 6) is -2.31. The molecule has 15 heteroatoms. The van der Waals surface area contributed by atoms with E-state index in [0.29, 0.717) is 0 Å². The van der Waals surface area contributed by atoms with Gasteiger partial charge in [0.1, 0.15) is 49.3 Å². The third kappa shape index (κ3) is 5.43. The number of aliphatic hydroxyl groups is 7. The molecule has 13 nitrogen and oxygen atoms in total. The quantitative estimate of drug-likeness (QED) is 0.148. The summed E-state index contributed by atoms with van der Waals surface area (Å²) in [6.07, 6.45) is -13.5. The van der Waals surface area contributed by atoms with Crippen LogP contribution in [0.15, 0.2) is 0 Å². The van der Waals surface area contributed by atoms with Crippen LogP contribution in [0.4, 0.5) is 0 Å². The van der Waals surface area contributed by atoms with Crippen LogP contribution in [0.1, 0.15) is 0 Å². The van der Waals surface area contributed by atoms with Gasteiger partial charge in [-0.3, -0.25) is 4.18 Å². The first-order valence-electron chi connectivity index (χ1n) is 7.52. The van der Waals surface area contributed by atoms with Gasteiger partial charge in [-0.15, -0.1) is 0 Å². The Kier molecular flexibility index (Phi) is 10.1. The summed E-state index contributed by atoms with van der Waals surface area (Å²) in [7, 11) is 0. The van der Waals surface area contributed by atoms with E-state index in [9.17, 15) is 39.4 Å². The maximum atomic E-state index is 10.5. The zero-order valence-corrected chi connectivity index (χ0v) is 17.0. The Labute approximate surface area is 178 Å². The van der Waals surface area contributed by atoms with E-state index in [1.807, 2.05) is 0 Å². The molecule has 0 amide bonds. The van der Waals surface area contributed by atoms with Gasteiger partial charge in [0.15, 0.2) is 6.29 Å². The molecule has 0 saturated carbocycles. The van der Waals surface area contributed by atoms with Gasteiger partial charge in [-0.1, -0.05) is 0 Å². The average molecular weight is 428 g/mol. The van der Waals surface area contributed by atoms with E-state index in [4.69, 9.17) is 19.3 Å². The van der Waals surface area contributed by atoms with Gasteiger partial charge in [-0.2, -0.15) is 0 Å². The second-order valence-corrected chi connectivity index (χ2v) is 6.51. The van der Waals surface area contributed by atoms with E-state index >= 15 is 0 Å². The van der Waals surface area contributed by atoms with Gasteiger partial charge < -0.3 is 54.5 Å². The third-order valence-corrected chi connectivity index (χ3v) is 4.55. The van der Waals surface area contributed by atoms with Gasteiger partial charge in [0, 0.05) is 0 Å². The molecule has 2 fully saturated rings. The molecule has 1 unspecified atom stereocenters. The van der Waals surface area contributed by atoms with Crippen molar-refractivity contribution < 1.29 is 92.5 Å². The topological polar surface area (TPSA) is 219 Å². The van der Waals surface area contributed by atoms with Crippen LogP contribution in [0.5, 0.6) is 0 Å². The molecule has 2 rings (SSSR count). The second kappa shape index (κ2) is 10.6. The number of hydrogen-bond donors (Lipinski definition) is 7. The summed E-state index contributed by atoms with van der Waals surface area (Å²) < 4.78 is 40.7. The molecule has 0 aromatic rings. The monoisotopic (exact) mass is 428 g/mol. The van der Waals surface area contributed by atoms with Crippen LogP contribution in [-0.4, -0.2) is 119 Å². The predicted molar refractivity (Wildman–Crippen MR) is 76.4 cm³/mol. The van der Waals surface area contributed by atoms with E-state index < -0.39 is 86.0 Å². The first-order chi connectivity index (χ1) is 12.2. The number of rotatable bonds is 7. The Morgan fingerprint density at radius 2 is 1.63 bits per heavy atom. The molecule has 2 aliphatic heterocycles. The van der Waals surface area contributed by atoms with Crippen LogP contribution in [0.3, 0.4) is 0 Å². The smallest absolute Gasteiger partial charge is 0.750 e. The van der Waals surface area contributed by atoms with Crippen molar-refractivity contribution in [1.82, 2.24) is 0 Å². The first-order valence-corrected chi connectivity index (χ1v) is 8.52. The Hall–Kier alpha value is 0.670. The first kappa shape index (κ1) is 25.7. The standard InChI is InChI=1S/C12H22O13S.Na/c13-1-4-7(16)10(19)12(3-14,24-4)25-11-9(18)8(17)6(15)5(23-11)2-22-26(20)21;/h4-11,13-19H,1-3H2,(H,20,21);/q;+1/p-1/t4-,5-,6-,7-,8+,9-,10+,11-,12+;/m1./s1. The predicted octanol–water partition coefficient (Wildman–Crippen LogP) is -8.57. The molecule has 0 aromatic heterocycles. The molecule has 27 heavy (non-hydrogen) atoms. The van der Waals surface area contributed by atoms with Gasteiger partial charge in [0.05, 0.1) is 24.6 Å². The van der Waals surface area contributed by atoms with Crippen LogP contribution in [-0.2, 0) is 29.8 Å². The number of ether oxygens (including phenoxy) is 3. The summed E-state index contributed by atoms with van der Waals surface area (Å²) >= 11 is -2.94. The van der Waals surface area contributed by atoms with Crippen molar-refractivity contribution in [1.29, 1.82) is 0 Å². The Morgan fingerprint density at radius 1 is 1.00 bits per heavy atom. The van der Waals surface area contributed by atoms with Crippen LogP contribution < -0.4 is 29.6 Å². The second-order valence-electron chi connectivity index (χ2n) is 5.87. The summed E-state index contributed by atoms with van der Waals surface area (Å²) in [6, 6.07) is 0. The van der Waals surface area contributed by atoms with Crippen molar-refractivity contribution >= 4 is 11.4 Å². The fraction of sp³-hybridized carbons (Fsp3) is 1.00. The molecule has 10 atom stereocenters. The number of hydrogen-bond acceptors (Lipinski definition) is 13. The maximum absolute atomic E-state index is 10.5. The van der Waals surface area contributed by atoms with Crippen molar-refractivity contribution in [2.24, 2.45) is 0 Å². The Balaban J connectivity index is 0.00000364. The van der Waals surface area contributed by atoms with Gasteiger partial charge in [0.25, 0.3) is 0 Å². The summed E-state index contributed by atoms with van der Waals surface area (Å²) in [5, 5.41) is 68.2. The fourth-order valence-corrected chi connectivity index (χ4v) is 2.99. The largest absolute Gasteiger partial charge is 1.00 e. The normalized spacial score (nSPS) is 46.1. The minimum atomic E-state index is -2.94. The molecule has 0 radical (unpaired) electrons. The van der Waals surface area contributed by atoms with E-state index in [-0.39, 0.29) is 29.6 Å². The van der Waals surface area contributed by atoms with Gasteiger partial charge >= 0.3 is 29.6 Å². The molecule has 2 aliphatic rings. The fourth-order valence-electron chi connectivity index (χ4n) is 2.74. The third-order valence-electron chi connectivity index (χ3n) is 4.22. The van der Waals surface area contributed by atoms with Gasteiger partial charge in [0.2, 0.25) is 5.79 Å². The maximum Gasteiger partial charge on any atom is 1.00 e. The molecule has 7 N–H and O–H groups in total. The van der Waals surface area contributed by atoms with E-state index in [1.165, 1.54) is 0 Å². The van der Waals surface area contributed by atoms with Gasteiger partial charge in [-0.25, -0.2) is 4.21 Å². The van der Waals surface area contributed by atoms with Crippen LogP contribution in [0.2, 0.25) is 0 Å². The Morgan fingerprint density at radius 3 is 2.11 bits per heavy atom. The molecule has 2 heterocycles. The van der Waals surface area contributed by atoms with Crippen molar-refractivity contribution in [3.8, 4) is 0 Å². The van der Waals surface area contributed by atoms with Crippen LogP contribution in [0, 0.1) is 0 Å². The molecule has 154 valence electrons. The van der Waals surface area contributed by atoms with Crippen LogP contribution in [0.25, 0.3) is 0 Å². The molecule has 0 aliphatic carbocycles. The molecule has 0 spiro atoms. The van der Waals surface area contributed by atoms with Crippen molar-refractivity contribution in [3.63, 3.8) is 0 Å². The van der Waals surface area contributed by atoms with Crippen molar-refractivity contribution in [2.45, 2.75) is 54.8 Å². The van der Waals surface area contributed by atoms with Crippen molar-refractivity contribution in [2.75, 3.05) is 19.8 Å². The molecule has 2 saturated heterocycles. The summed E-state index contributed by atoms with van der Waals surface area (Å²) in [4.78, 5) is 0. The van der Waals surface area contributed by atoms with Crippen molar-refractivity contribution in [3.05, 3.63) is 0 Å². The van der Waals surface area contributed by atoms with Crippen LogP contribution >= 0.6 is 0 Å². The number of aliphatic hydroxyl groups excluding tert-OH is 7. The van der Waals surface area contributed by atoms with Gasteiger partial charge in [-0.05, 0) is 0 Å². The van der Waals surface area contributed by atoms with E-state index in [1.54, 1.807) is 0 Å². The minimum Gasteiger partial charge on any atom is -0.750 e. The zero-order chi connectivity index (χ0) is 19.6. The molecular weight excluding hydrogens is 407 g/mol. The SMILES string of the molecule is O=S([O-])OC[C@H]1O[C@H](O[C@]2(CO)O[C@H](CO)[C@@H](O)[C@@H]2O)[C@H](O)[C@@H](O)[C@@H]1O.[Na+]. The minimum absolute atomic E-state index is 0. The summed E-state index contributed by atoms with van der Waals surface area (Å²) in [5.41, 5.74) is 0. The average Bonchev–Trinajstić information content (AvgIpc) is 2.86. The zero-order valence-electron chi connectivity index (χ0n) is 14.2. The van der Waals surface area contributed by atoms with E-state index in [2.05, 4.69) is 4.18 Å². The molecule has 0 bridgehead atoms. The summed E-state index contributed by atoms with van der Waals surface area (Å²) in [6.45, 7) is -2.47.